The van der Waals surface area contributed by atoms with Gasteiger partial charge in [0.25, 0.3) is 5.69 Å². The summed E-state index contributed by atoms with van der Waals surface area (Å²) in [5, 5.41) is 14.9. The molecular formula is C12H10N2O3. The Labute approximate surface area is 97.2 Å². The molecule has 2 rings (SSSR count). The van der Waals surface area contributed by atoms with E-state index in [0.717, 1.165) is 10.8 Å². The summed E-state index contributed by atoms with van der Waals surface area (Å²) in [5.41, 5.74) is 0.426. The summed E-state index contributed by atoms with van der Waals surface area (Å²) in [4.78, 5) is 21.4. The van der Waals surface area contributed by atoms with Crippen LogP contribution in [0.2, 0.25) is 0 Å². The topological polar surface area (TPSA) is 72.2 Å². The van der Waals surface area contributed by atoms with Crippen LogP contribution in [0, 0.1) is 10.1 Å². The molecule has 5 nitrogen and oxygen atoms in total. The molecule has 0 bridgehead atoms. The van der Waals surface area contributed by atoms with Gasteiger partial charge >= 0.3 is 0 Å². The third kappa shape index (κ3) is 2.23. The molecule has 0 fully saturated rings. The van der Waals surface area contributed by atoms with E-state index in [-0.39, 0.29) is 11.6 Å². The zero-order valence-electron chi connectivity index (χ0n) is 9.14. The van der Waals surface area contributed by atoms with Crippen molar-refractivity contribution in [3.63, 3.8) is 0 Å². The highest BCUT2D eigenvalue weighted by atomic mass is 16.6. The molecule has 1 amide bonds. The molecule has 0 radical (unpaired) electrons. The Morgan fingerprint density at radius 2 is 2.00 bits per heavy atom. The van der Waals surface area contributed by atoms with E-state index in [9.17, 15) is 14.9 Å². The van der Waals surface area contributed by atoms with Crippen molar-refractivity contribution in [2.24, 2.45) is 0 Å². The van der Waals surface area contributed by atoms with E-state index in [2.05, 4.69) is 5.32 Å². The number of rotatable bonds is 2. The van der Waals surface area contributed by atoms with Gasteiger partial charge in [-0.05, 0) is 5.39 Å². The summed E-state index contributed by atoms with van der Waals surface area (Å²) >= 11 is 0. The van der Waals surface area contributed by atoms with Gasteiger partial charge in [-0.2, -0.15) is 0 Å². The fraction of sp³-hybridized carbons (Fsp3) is 0.0833. The first-order valence-corrected chi connectivity index (χ1v) is 5.02. The number of amides is 1. The highest BCUT2D eigenvalue weighted by Gasteiger charge is 2.11. The third-order valence-corrected chi connectivity index (χ3v) is 2.37. The van der Waals surface area contributed by atoms with Crippen LogP contribution < -0.4 is 5.32 Å². The Balaban J connectivity index is 2.68. The molecule has 0 aliphatic carbocycles. The van der Waals surface area contributed by atoms with Gasteiger partial charge in [-0.1, -0.05) is 24.3 Å². The molecule has 86 valence electrons. The molecule has 0 aromatic heterocycles. The average Bonchev–Trinajstić information content (AvgIpc) is 2.28. The quantitative estimate of drug-likeness (QED) is 0.636. The number of non-ortho nitro benzene ring substituents is 1. The number of nitro benzene ring substituents is 1. The van der Waals surface area contributed by atoms with Gasteiger partial charge in [0.05, 0.1) is 10.6 Å². The number of nitrogens with one attached hydrogen (secondary N) is 1. The van der Waals surface area contributed by atoms with E-state index in [1.807, 2.05) is 12.1 Å². The minimum absolute atomic E-state index is 0.0348. The number of fused-ring (bicyclic) bond motifs is 1. The fourth-order valence-electron chi connectivity index (χ4n) is 1.69. The van der Waals surface area contributed by atoms with Gasteiger partial charge in [0.1, 0.15) is 0 Å². The Kier molecular flexibility index (Phi) is 2.74. The van der Waals surface area contributed by atoms with Crippen LogP contribution in [-0.4, -0.2) is 10.8 Å². The second-order valence-corrected chi connectivity index (χ2v) is 3.65. The molecule has 2 aromatic rings. The molecule has 0 spiro atoms. The van der Waals surface area contributed by atoms with Crippen LogP contribution >= 0.6 is 0 Å². The lowest BCUT2D eigenvalue weighted by Gasteiger charge is -2.06. The zero-order chi connectivity index (χ0) is 12.4. The average molecular weight is 230 g/mol. The van der Waals surface area contributed by atoms with Crippen molar-refractivity contribution in [2.75, 3.05) is 5.32 Å². The van der Waals surface area contributed by atoms with E-state index in [4.69, 9.17) is 0 Å². The molecule has 0 aliphatic heterocycles. The van der Waals surface area contributed by atoms with Crippen molar-refractivity contribution in [1.29, 1.82) is 0 Å². The first kappa shape index (κ1) is 11.1. The van der Waals surface area contributed by atoms with Crippen LogP contribution in [0.1, 0.15) is 6.92 Å². The number of nitrogens with zero attached hydrogens (tertiary/aromatic N) is 1. The van der Waals surface area contributed by atoms with Crippen molar-refractivity contribution in [3.8, 4) is 0 Å². The number of hydrogen-bond acceptors (Lipinski definition) is 3. The van der Waals surface area contributed by atoms with E-state index in [1.54, 1.807) is 12.1 Å². The largest absolute Gasteiger partial charge is 0.326 e. The minimum Gasteiger partial charge on any atom is -0.326 e. The van der Waals surface area contributed by atoms with Crippen LogP contribution in [0.25, 0.3) is 10.8 Å². The van der Waals surface area contributed by atoms with Crippen molar-refractivity contribution >= 4 is 28.1 Å². The summed E-state index contributed by atoms with van der Waals surface area (Å²) in [6, 6.07) is 10.0. The SMILES string of the molecule is CC(=O)Nc1cc([N+](=O)[O-])cc2ccccc12. The monoisotopic (exact) mass is 230 g/mol. The molecule has 1 N–H and O–H groups in total. The molecule has 5 heteroatoms. The standard InChI is InChI=1S/C12H10N2O3/c1-8(15)13-12-7-10(14(16)17)6-9-4-2-3-5-11(9)12/h2-7H,1H3,(H,13,15). The van der Waals surface area contributed by atoms with E-state index < -0.39 is 4.92 Å². The summed E-state index contributed by atoms with van der Waals surface area (Å²) in [6.07, 6.45) is 0. The first-order valence-electron chi connectivity index (χ1n) is 5.02. The Bertz CT molecular complexity index is 608. The Hall–Kier alpha value is -2.43. The summed E-state index contributed by atoms with van der Waals surface area (Å²) in [7, 11) is 0. The predicted molar refractivity (Wildman–Crippen MR) is 64.9 cm³/mol. The van der Waals surface area contributed by atoms with Crippen LogP contribution in [0.3, 0.4) is 0 Å². The number of benzene rings is 2. The van der Waals surface area contributed by atoms with Crippen molar-refractivity contribution < 1.29 is 9.72 Å². The first-order chi connectivity index (χ1) is 8.08. The maximum Gasteiger partial charge on any atom is 0.272 e. The van der Waals surface area contributed by atoms with Crippen LogP contribution in [0.5, 0.6) is 0 Å². The van der Waals surface area contributed by atoms with E-state index in [0.29, 0.717) is 5.69 Å². The number of anilines is 1. The summed E-state index contributed by atoms with van der Waals surface area (Å²) < 4.78 is 0. The minimum atomic E-state index is -0.474. The second-order valence-electron chi connectivity index (χ2n) is 3.65. The Morgan fingerprint density at radius 1 is 1.29 bits per heavy atom. The number of nitro groups is 1. The summed E-state index contributed by atoms with van der Waals surface area (Å²) in [5.74, 6) is -0.254. The number of hydrogen-bond donors (Lipinski definition) is 1. The molecule has 17 heavy (non-hydrogen) atoms. The second kappa shape index (κ2) is 4.21. The lowest BCUT2D eigenvalue weighted by Crippen LogP contribution is -2.06. The van der Waals surface area contributed by atoms with E-state index in [1.165, 1.54) is 19.1 Å². The van der Waals surface area contributed by atoms with Crippen molar-refractivity contribution in [1.82, 2.24) is 0 Å². The smallest absolute Gasteiger partial charge is 0.272 e. The molecular weight excluding hydrogens is 220 g/mol. The summed E-state index contributed by atoms with van der Waals surface area (Å²) in [6.45, 7) is 1.37. The molecule has 0 aliphatic rings. The van der Waals surface area contributed by atoms with Gasteiger partial charge in [-0.3, -0.25) is 14.9 Å². The number of carbonyl (C=O) groups is 1. The van der Waals surface area contributed by atoms with Crippen molar-refractivity contribution in [2.45, 2.75) is 6.92 Å². The van der Waals surface area contributed by atoms with Crippen LogP contribution in [-0.2, 0) is 4.79 Å². The highest BCUT2D eigenvalue weighted by molar-refractivity contribution is 6.02. The lowest BCUT2D eigenvalue weighted by molar-refractivity contribution is -0.384. The van der Waals surface area contributed by atoms with Gasteiger partial charge < -0.3 is 5.32 Å². The highest BCUT2D eigenvalue weighted by Crippen LogP contribution is 2.29. The fourth-order valence-corrected chi connectivity index (χ4v) is 1.69. The molecule has 0 saturated carbocycles. The predicted octanol–water partition coefficient (Wildman–Crippen LogP) is 2.71. The molecule has 2 aromatic carbocycles. The van der Waals surface area contributed by atoms with E-state index >= 15 is 0 Å². The molecule has 0 heterocycles. The lowest BCUT2D eigenvalue weighted by atomic mass is 10.1. The van der Waals surface area contributed by atoms with Gasteiger partial charge in [0, 0.05) is 24.4 Å². The zero-order valence-corrected chi connectivity index (χ0v) is 9.14. The normalized spacial score (nSPS) is 10.2. The maximum atomic E-state index is 11.1. The van der Waals surface area contributed by atoms with Crippen molar-refractivity contribution in [3.05, 3.63) is 46.5 Å². The van der Waals surface area contributed by atoms with Crippen LogP contribution in [0.4, 0.5) is 11.4 Å². The van der Waals surface area contributed by atoms with Gasteiger partial charge in [0.15, 0.2) is 0 Å². The molecule has 0 saturated heterocycles. The maximum absolute atomic E-state index is 11.1. The van der Waals surface area contributed by atoms with Crippen LogP contribution in [0.15, 0.2) is 36.4 Å². The Morgan fingerprint density at radius 3 is 2.65 bits per heavy atom. The third-order valence-electron chi connectivity index (χ3n) is 2.37. The van der Waals surface area contributed by atoms with Gasteiger partial charge in [0.2, 0.25) is 5.91 Å². The number of carbonyl (C=O) groups excluding carboxylic acids is 1. The van der Waals surface area contributed by atoms with Gasteiger partial charge in [-0.15, -0.1) is 0 Å². The molecule has 0 unspecified atom stereocenters. The van der Waals surface area contributed by atoms with Gasteiger partial charge in [-0.25, -0.2) is 0 Å². The molecule has 0 atom stereocenters.